The number of anilines is 2. The van der Waals surface area contributed by atoms with Crippen molar-refractivity contribution in [3.05, 3.63) is 80.5 Å². The van der Waals surface area contributed by atoms with E-state index in [0.29, 0.717) is 40.3 Å². The second-order valence-electron chi connectivity index (χ2n) is 7.12. The zero-order valence-electron chi connectivity index (χ0n) is 18.0. The number of aryl methyl sites for hydroxylation is 1. The number of nitrogens with one attached hydrogen (secondary N) is 2. The van der Waals surface area contributed by atoms with Gasteiger partial charge in [0.25, 0.3) is 5.91 Å². The predicted octanol–water partition coefficient (Wildman–Crippen LogP) is 7.12. The van der Waals surface area contributed by atoms with Crippen LogP contribution in [-0.4, -0.2) is 19.1 Å². The number of rotatable bonds is 9. The first-order valence-corrected chi connectivity index (χ1v) is 11.2. The molecule has 174 valence electrons. The molecule has 2 N–H and O–H groups in total. The Morgan fingerprint density at radius 1 is 0.939 bits per heavy atom. The Morgan fingerprint density at radius 3 is 2.36 bits per heavy atom. The molecule has 0 aliphatic heterocycles. The van der Waals surface area contributed by atoms with Crippen LogP contribution in [0, 0.1) is 12.7 Å². The Bertz CT molecular complexity index is 1160. The van der Waals surface area contributed by atoms with E-state index in [1.54, 1.807) is 30.3 Å². The van der Waals surface area contributed by atoms with Crippen LogP contribution in [0.3, 0.4) is 0 Å². The highest BCUT2D eigenvalue weighted by Crippen LogP contribution is 2.37. The summed E-state index contributed by atoms with van der Waals surface area (Å²) in [7, 11) is 0. The highest BCUT2D eigenvalue weighted by atomic mass is 35.5. The molecule has 0 aromatic heterocycles. The molecule has 1 amide bonds. The number of amides is 1. The molecular formula is C24H22Cl3FN2O3. The lowest BCUT2D eigenvalue weighted by Crippen LogP contribution is -2.20. The van der Waals surface area contributed by atoms with Crippen molar-refractivity contribution in [3.63, 3.8) is 0 Å². The van der Waals surface area contributed by atoms with E-state index in [1.807, 2.05) is 19.9 Å². The van der Waals surface area contributed by atoms with Gasteiger partial charge in [0.15, 0.2) is 18.1 Å². The number of hydrogen-bond donors (Lipinski definition) is 2. The van der Waals surface area contributed by atoms with E-state index in [9.17, 15) is 9.18 Å². The van der Waals surface area contributed by atoms with Gasteiger partial charge in [0, 0.05) is 22.9 Å². The highest BCUT2D eigenvalue weighted by molar-refractivity contribution is 6.32. The average molecular weight is 512 g/mol. The molecule has 0 saturated heterocycles. The van der Waals surface area contributed by atoms with Gasteiger partial charge in [-0.1, -0.05) is 40.9 Å². The van der Waals surface area contributed by atoms with Crippen LogP contribution in [0.5, 0.6) is 11.5 Å². The monoisotopic (exact) mass is 510 g/mol. The number of ether oxygens (including phenoxy) is 2. The lowest BCUT2D eigenvalue weighted by Gasteiger charge is -2.16. The summed E-state index contributed by atoms with van der Waals surface area (Å²) < 4.78 is 24.7. The third kappa shape index (κ3) is 6.90. The van der Waals surface area contributed by atoms with E-state index >= 15 is 0 Å². The van der Waals surface area contributed by atoms with Crippen molar-refractivity contribution in [1.82, 2.24) is 0 Å². The van der Waals surface area contributed by atoms with Gasteiger partial charge in [0.1, 0.15) is 5.82 Å². The topological polar surface area (TPSA) is 59.6 Å². The number of carbonyl (C=O) groups is 1. The largest absolute Gasteiger partial charge is 0.490 e. The summed E-state index contributed by atoms with van der Waals surface area (Å²) in [5, 5.41) is 6.76. The Kier molecular flexibility index (Phi) is 8.67. The minimum atomic E-state index is -0.486. The van der Waals surface area contributed by atoms with Crippen LogP contribution >= 0.6 is 34.8 Å². The van der Waals surface area contributed by atoms with Gasteiger partial charge in [0.2, 0.25) is 0 Å². The van der Waals surface area contributed by atoms with E-state index in [2.05, 4.69) is 10.6 Å². The Balaban J connectivity index is 1.67. The Morgan fingerprint density at radius 2 is 1.67 bits per heavy atom. The molecule has 3 rings (SSSR count). The molecule has 9 heteroatoms. The molecular weight excluding hydrogens is 490 g/mol. The van der Waals surface area contributed by atoms with Gasteiger partial charge in [-0.05, 0) is 67.4 Å². The summed E-state index contributed by atoms with van der Waals surface area (Å²) in [6.45, 7) is 4.21. The number of halogens is 4. The quantitative estimate of drug-likeness (QED) is 0.321. The van der Waals surface area contributed by atoms with Crippen molar-refractivity contribution in [2.75, 3.05) is 23.8 Å². The molecule has 3 aromatic carbocycles. The molecule has 0 spiro atoms. The summed E-state index contributed by atoms with van der Waals surface area (Å²) in [6, 6.07) is 13.1. The van der Waals surface area contributed by atoms with Gasteiger partial charge >= 0.3 is 0 Å². The molecule has 0 atom stereocenters. The molecule has 0 bridgehead atoms. The van der Waals surface area contributed by atoms with E-state index < -0.39 is 5.82 Å². The van der Waals surface area contributed by atoms with Gasteiger partial charge in [-0.15, -0.1) is 0 Å². The van der Waals surface area contributed by atoms with Crippen molar-refractivity contribution in [1.29, 1.82) is 0 Å². The molecule has 3 aromatic rings. The maximum absolute atomic E-state index is 13.3. The smallest absolute Gasteiger partial charge is 0.262 e. The molecule has 0 aliphatic rings. The van der Waals surface area contributed by atoms with Crippen molar-refractivity contribution in [3.8, 4) is 11.5 Å². The lowest BCUT2D eigenvalue weighted by molar-refractivity contribution is -0.118. The second-order valence-corrected chi connectivity index (χ2v) is 8.34. The van der Waals surface area contributed by atoms with E-state index in [0.717, 1.165) is 11.1 Å². The molecule has 0 heterocycles. The molecule has 0 radical (unpaired) electrons. The normalized spacial score (nSPS) is 10.6. The highest BCUT2D eigenvalue weighted by Gasteiger charge is 2.15. The SMILES string of the molecule is CCOc1cc(CNc2ccc(F)c(Cl)c2)cc(Cl)c1OCC(=O)Nc1ccc(C)c(Cl)c1. The minimum absolute atomic E-state index is 0.0305. The lowest BCUT2D eigenvalue weighted by atomic mass is 10.2. The zero-order chi connectivity index (χ0) is 24.0. The maximum atomic E-state index is 13.3. The third-order valence-electron chi connectivity index (χ3n) is 4.59. The van der Waals surface area contributed by atoms with Crippen LogP contribution in [-0.2, 0) is 11.3 Å². The summed E-state index contributed by atoms with van der Waals surface area (Å²) in [5.74, 6) is -0.179. The molecule has 0 unspecified atom stereocenters. The first-order chi connectivity index (χ1) is 15.8. The van der Waals surface area contributed by atoms with Gasteiger partial charge in [-0.25, -0.2) is 4.39 Å². The molecule has 5 nitrogen and oxygen atoms in total. The van der Waals surface area contributed by atoms with Crippen LogP contribution in [0.15, 0.2) is 48.5 Å². The first-order valence-electron chi connectivity index (χ1n) is 10.1. The summed E-state index contributed by atoms with van der Waals surface area (Å²) >= 11 is 18.3. The number of hydrogen-bond acceptors (Lipinski definition) is 4. The molecule has 0 aliphatic carbocycles. The fourth-order valence-electron chi connectivity index (χ4n) is 2.94. The third-order valence-corrected chi connectivity index (χ3v) is 5.57. The first kappa shape index (κ1) is 25.0. The molecule has 0 fully saturated rings. The van der Waals surface area contributed by atoms with Gasteiger partial charge in [-0.3, -0.25) is 4.79 Å². The van der Waals surface area contributed by atoms with Crippen LogP contribution in [0.1, 0.15) is 18.1 Å². The van der Waals surface area contributed by atoms with Crippen LogP contribution in [0.4, 0.5) is 15.8 Å². The maximum Gasteiger partial charge on any atom is 0.262 e. The minimum Gasteiger partial charge on any atom is -0.490 e. The number of carbonyl (C=O) groups excluding carboxylic acids is 1. The standard InChI is InChI=1S/C24H22Cl3FN2O3/c1-3-32-22-9-15(12-29-16-6-7-21(28)19(26)10-16)8-20(27)24(22)33-13-23(31)30-17-5-4-14(2)18(25)11-17/h4-11,29H,3,12-13H2,1-2H3,(H,30,31). The van der Waals surface area contributed by atoms with E-state index in [-0.39, 0.29) is 23.3 Å². The van der Waals surface area contributed by atoms with Crippen LogP contribution in [0.2, 0.25) is 15.1 Å². The van der Waals surface area contributed by atoms with Crippen molar-refractivity contribution in [2.45, 2.75) is 20.4 Å². The Hall–Kier alpha value is -2.67. The van der Waals surface area contributed by atoms with E-state index in [4.69, 9.17) is 44.3 Å². The Labute approximate surface area is 206 Å². The fourth-order valence-corrected chi connectivity index (χ4v) is 3.59. The average Bonchev–Trinajstić information content (AvgIpc) is 2.77. The van der Waals surface area contributed by atoms with Crippen LogP contribution < -0.4 is 20.1 Å². The molecule has 33 heavy (non-hydrogen) atoms. The van der Waals surface area contributed by atoms with E-state index in [1.165, 1.54) is 12.1 Å². The van der Waals surface area contributed by atoms with Crippen LogP contribution in [0.25, 0.3) is 0 Å². The predicted molar refractivity (Wildman–Crippen MR) is 132 cm³/mol. The summed E-state index contributed by atoms with van der Waals surface area (Å²) in [4.78, 5) is 12.3. The van der Waals surface area contributed by atoms with Gasteiger partial charge < -0.3 is 20.1 Å². The zero-order valence-corrected chi connectivity index (χ0v) is 20.2. The summed E-state index contributed by atoms with van der Waals surface area (Å²) in [6.07, 6.45) is 0. The molecule has 0 saturated carbocycles. The van der Waals surface area contributed by atoms with Crippen molar-refractivity contribution in [2.24, 2.45) is 0 Å². The summed E-state index contributed by atoms with van der Waals surface area (Å²) in [5.41, 5.74) is 2.94. The number of benzene rings is 3. The van der Waals surface area contributed by atoms with Gasteiger partial charge in [0.05, 0.1) is 16.7 Å². The van der Waals surface area contributed by atoms with Crippen molar-refractivity contribution < 1.29 is 18.7 Å². The second kappa shape index (κ2) is 11.5. The van der Waals surface area contributed by atoms with Gasteiger partial charge in [-0.2, -0.15) is 0 Å². The van der Waals surface area contributed by atoms with Crippen molar-refractivity contribution >= 4 is 52.1 Å². The fraction of sp³-hybridized carbons (Fsp3) is 0.208.